The largest absolute Gasteiger partial charge is 0.296 e. The highest BCUT2D eigenvalue weighted by Gasteiger charge is 2.14. The summed E-state index contributed by atoms with van der Waals surface area (Å²) in [5.41, 5.74) is 0.606. The number of halogens is 2. The molecule has 1 aromatic rings. The zero-order valence-electron chi connectivity index (χ0n) is 10.3. The first-order valence-electron chi connectivity index (χ1n) is 5.64. The first-order chi connectivity index (χ1) is 7.95. The predicted molar refractivity (Wildman–Crippen MR) is 73.2 cm³/mol. The molecule has 0 bridgehead atoms. The lowest BCUT2D eigenvalue weighted by atomic mass is 10.1. The quantitative estimate of drug-likeness (QED) is 0.759. The van der Waals surface area contributed by atoms with Gasteiger partial charge in [-0.3, -0.25) is 9.69 Å². The number of nitrogens with zero attached hydrogens (tertiary/aromatic N) is 1. The van der Waals surface area contributed by atoms with E-state index in [9.17, 15) is 4.79 Å². The van der Waals surface area contributed by atoms with Crippen molar-refractivity contribution in [3.05, 3.63) is 33.8 Å². The summed E-state index contributed by atoms with van der Waals surface area (Å²) < 4.78 is 0. The summed E-state index contributed by atoms with van der Waals surface area (Å²) in [6.07, 6.45) is 1.02. The standard InChI is InChI=1S/C13H17Cl2NO/c1-4-9(2)16(3)8-13(17)10-5-6-11(14)12(15)7-10/h5-7,9H,4,8H2,1-3H3. The van der Waals surface area contributed by atoms with Crippen LogP contribution in [0.15, 0.2) is 18.2 Å². The molecule has 0 aliphatic carbocycles. The SMILES string of the molecule is CCC(C)N(C)CC(=O)c1ccc(Cl)c(Cl)c1. The lowest BCUT2D eigenvalue weighted by Crippen LogP contribution is -2.33. The van der Waals surface area contributed by atoms with Crippen LogP contribution in [0.25, 0.3) is 0 Å². The molecule has 17 heavy (non-hydrogen) atoms. The average molecular weight is 274 g/mol. The number of Topliss-reactive ketones (excluding diaryl/α,β-unsaturated/α-hetero) is 1. The van der Waals surface area contributed by atoms with Crippen molar-refractivity contribution in [3.8, 4) is 0 Å². The number of carbonyl (C=O) groups is 1. The normalized spacial score (nSPS) is 12.8. The number of ketones is 1. The van der Waals surface area contributed by atoms with E-state index in [0.717, 1.165) is 6.42 Å². The number of likely N-dealkylation sites (N-methyl/N-ethyl adjacent to an activating group) is 1. The molecule has 4 heteroatoms. The molecule has 0 saturated heterocycles. The van der Waals surface area contributed by atoms with Gasteiger partial charge < -0.3 is 0 Å². The van der Waals surface area contributed by atoms with E-state index in [-0.39, 0.29) is 5.78 Å². The van der Waals surface area contributed by atoms with Crippen molar-refractivity contribution >= 4 is 29.0 Å². The van der Waals surface area contributed by atoms with Crippen LogP contribution < -0.4 is 0 Å². The molecule has 0 heterocycles. The van der Waals surface area contributed by atoms with E-state index in [1.165, 1.54) is 0 Å². The van der Waals surface area contributed by atoms with Crippen LogP contribution in [0.4, 0.5) is 0 Å². The molecule has 2 nitrogen and oxygen atoms in total. The van der Waals surface area contributed by atoms with Crippen molar-refractivity contribution in [2.24, 2.45) is 0 Å². The molecule has 1 unspecified atom stereocenters. The third-order valence-corrected chi connectivity index (χ3v) is 3.72. The van der Waals surface area contributed by atoms with E-state index in [0.29, 0.717) is 28.2 Å². The van der Waals surface area contributed by atoms with Crippen molar-refractivity contribution in [3.63, 3.8) is 0 Å². The fraction of sp³-hybridized carbons (Fsp3) is 0.462. The van der Waals surface area contributed by atoms with Gasteiger partial charge in [0, 0.05) is 11.6 Å². The van der Waals surface area contributed by atoms with Crippen LogP contribution in [0.3, 0.4) is 0 Å². The summed E-state index contributed by atoms with van der Waals surface area (Å²) in [7, 11) is 1.95. The monoisotopic (exact) mass is 273 g/mol. The van der Waals surface area contributed by atoms with Crippen LogP contribution in [0.5, 0.6) is 0 Å². The highest BCUT2D eigenvalue weighted by Crippen LogP contribution is 2.22. The second-order valence-corrected chi connectivity index (χ2v) is 5.04. The van der Waals surface area contributed by atoms with Gasteiger partial charge in [0.25, 0.3) is 0 Å². The van der Waals surface area contributed by atoms with Gasteiger partial charge in [0.15, 0.2) is 5.78 Å². The minimum Gasteiger partial charge on any atom is -0.296 e. The van der Waals surface area contributed by atoms with E-state index < -0.39 is 0 Å². The smallest absolute Gasteiger partial charge is 0.176 e. The molecule has 0 N–H and O–H groups in total. The third kappa shape index (κ3) is 3.98. The van der Waals surface area contributed by atoms with Gasteiger partial charge in [-0.15, -0.1) is 0 Å². The Morgan fingerprint density at radius 1 is 1.35 bits per heavy atom. The Kier molecular flexibility index (Phi) is 5.44. The maximum atomic E-state index is 12.0. The molecule has 0 amide bonds. The van der Waals surface area contributed by atoms with E-state index in [1.54, 1.807) is 18.2 Å². The van der Waals surface area contributed by atoms with Crippen LogP contribution in [-0.4, -0.2) is 30.3 Å². The zero-order chi connectivity index (χ0) is 13.0. The van der Waals surface area contributed by atoms with E-state index >= 15 is 0 Å². The van der Waals surface area contributed by atoms with Crippen molar-refractivity contribution in [2.75, 3.05) is 13.6 Å². The Morgan fingerprint density at radius 2 is 2.00 bits per heavy atom. The summed E-state index contributed by atoms with van der Waals surface area (Å²) in [5.74, 6) is 0.0615. The number of carbonyl (C=O) groups excluding carboxylic acids is 1. The molecular formula is C13H17Cl2NO. The lowest BCUT2D eigenvalue weighted by molar-refractivity contribution is 0.0923. The van der Waals surface area contributed by atoms with Gasteiger partial charge in [0.2, 0.25) is 0 Å². The van der Waals surface area contributed by atoms with E-state index in [4.69, 9.17) is 23.2 Å². The Morgan fingerprint density at radius 3 is 2.53 bits per heavy atom. The fourth-order valence-electron chi connectivity index (χ4n) is 1.45. The van der Waals surface area contributed by atoms with E-state index in [1.807, 2.05) is 11.9 Å². The van der Waals surface area contributed by atoms with Crippen LogP contribution in [0.2, 0.25) is 10.0 Å². The highest BCUT2D eigenvalue weighted by atomic mass is 35.5. The van der Waals surface area contributed by atoms with Crippen LogP contribution in [0.1, 0.15) is 30.6 Å². The minimum absolute atomic E-state index is 0.0615. The predicted octanol–water partition coefficient (Wildman–Crippen LogP) is 3.91. The summed E-state index contributed by atoms with van der Waals surface area (Å²) in [5, 5.41) is 0.891. The van der Waals surface area contributed by atoms with Gasteiger partial charge in [-0.2, -0.15) is 0 Å². The maximum Gasteiger partial charge on any atom is 0.176 e. The zero-order valence-corrected chi connectivity index (χ0v) is 11.8. The van der Waals surface area contributed by atoms with Crippen molar-refractivity contribution in [1.82, 2.24) is 4.90 Å². The van der Waals surface area contributed by atoms with E-state index in [2.05, 4.69) is 13.8 Å². The summed E-state index contributed by atoms with van der Waals surface area (Å²) in [6, 6.07) is 5.37. The Bertz CT molecular complexity index is 406. The summed E-state index contributed by atoms with van der Waals surface area (Å²) in [6.45, 7) is 4.60. The summed E-state index contributed by atoms with van der Waals surface area (Å²) >= 11 is 11.7. The molecule has 0 fully saturated rings. The third-order valence-electron chi connectivity index (χ3n) is 2.98. The molecule has 0 radical (unpaired) electrons. The molecular weight excluding hydrogens is 257 g/mol. The van der Waals surface area contributed by atoms with Gasteiger partial charge in [0.05, 0.1) is 16.6 Å². The number of hydrogen-bond acceptors (Lipinski definition) is 2. The van der Waals surface area contributed by atoms with Gasteiger partial charge in [-0.1, -0.05) is 30.1 Å². The molecule has 1 atom stereocenters. The maximum absolute atomic E-state index is 12.0. The molecule has 0 aliphatic rings. The topological polar surface area (TPSA) is 20.3 Å². The Hall–Kier alpha value is -0.570. The van der Waals surface area contributed by atoms with Crippen LogP contribution >= 0.6 is 23.2 Å². The van der Waals surface area contributed by atoms with Crippen molar-refractivity contribution in [2.45, 2.75) is 26.3 Å². The molecule has 94 valence electrons. The number of rotatable bonds is 5. The molecule has 0 saturated carbocycles. The molecule has 1 aromatic carbocycles. The Balaban J connectivity index is 2.73. The highest BCUT2D eigenvalue weighted by molar-refractivity contribution is 6.42. The van der Waals surface area contributed by atoms with Crippen molar-refractivity contribution < 1.29 is 4.79 Å². The average Bonchev–Trinajstić information content (AvgIpc) is 2.31. The molecule has 0 aliphatic heterocycles. The molecule has 1 rings (SSSR count). The minimum atomic E-state index is 0.0615. The second kappa shape index (κ2) is 6.39. The van der Waals surface area contributed by atoms with Gasteiger partial charge in [-0.25, -0.2) is 0 Å². The fourth-order valence-corrected chi connectivity index (χ4v) is 1.75. The van der Waals surface area contributed by atoms with Gasteiger partial charge >= 0.3 is 0 Å². The second-order valence-electron chi connectivity index (χ2n) is 4.22. The lowest BCUT2D eigenvalue weighted by Gasteiger charge is -2.22. The molecule has 0 aromatic heterocycles. The van der Waals surface area contributed by atoms with Gasteiger partial charge in [0.1, 0.15) is 0 Å². The number of benzene rings is 1. The van der Waals surface area contributed by atoms with Crippen molar-refractivity contribution in [1.29, 1.82) is 0 Å². The number of hydrogen-bond donors (Lipinski definition) is 0. The van der Waals surface area contributed by atoms with Crippen LogP contribution in [-0.2, 0) is 0 Å². The first kappa shape index (κ1) is 14.5. The first-order valence-corrected chi connectivity index (χ1v) is 6.39. The van der Waals surface area contributed by atoms with Gasteiger partial charge in [-0.05, 0) is 38.6 Å². The molecule has 0 spiro atoms. The summed E-state index contributed by atoms with van der Waals surface area (Å²) in [4.78, 5) is 14.0. The Labute approximate surface area is 113 Å². The van der Waals surface area contributed by atoms with Crippen LogP contribution in [0, 0.1) is 0 Å².